The van der Waals surface area contributed by atoms with Crippen LogP contribution in [0.15, 0.2) is 24.3 Å². The number of ether oxygens (including phenoxy) is 2. The van der Waals surface area contributed by atoms with E-state index in [-0.39, 0.29) is 17.8 Å². The Morgan fingerprint density at radius 1 is 1.04 bits per heavy atom. The molecule has 4 rings (SSSR count). The molecule has 1 aliphatic carbocycles. The van der Waals surface area contributed by atoms with Crippen molar-refractivity contribution in [2.75, 3.05) is 46.3 Å². The first-order valence-corrected chi connectivity index (χ1v) is 10.6. The number of rotatable bonds is 5. The van der Waals surface area contributed by atoms with E-state index in [2.05, 4.69) is 41.1 Å². The molecule has 6 nitrogen and oxygen atoms in total. The average molecular weight is 388 g/mol. The maximum Gasteiger partial charge on any atom is 0.410 e. The lowest BCUT2D eigenvalue weighted by Crippen LogP contribution is -2.43. The van der Waals surface area contributed by atoms with Crippen LogP contribution < -0.4 is 4.74 Å². The van der Waals surface area contributed by atoms with Crippen molar-refractivity contribution in [3.8, 4) is 5.75 Å². The Morgan fingerprint density at radius 2 is 1.68 bits per heavy atom. The Bertz CT molecular complexity index is 658. The second-order valence-corrected chi connectivity index (χ2v) is 8.85. The summed E-state index contributed by atoms with van der Waals surface area (Å²) in [5.41, 5.74) is 1.14. The number of hydrogen-bond donors (Lipinski definition) is 0. The number of carbonyl (C=O) groups excluding carboxylic acids is 1. The highest BCUT2D eigenvalue weighted by Crippen LogP contribution is 2.39. The minimum absolute atomic E-state index is 0.160. The maximum atomic E-state index is 12.2. The normalized spacial score (nSPS) is 23.4. The van der Waals surface area contributed by atoms with Crippen LogP contribution in [0, 0.1) is 0 Å². The first-order chi connectivity index (χ1) is 13.5. The van der Waals surface area contributed by atoms with Crippen molar-refractivity contribution < 1.29 is 14.3 Å². The highest BCUT2D eigenvalue weighted by atomic mass is 16.6. The number of carbonyl (C=O) groups is 1. The zero-order valence-corrected chi connectivity index (χ0v) is 17.2. The van der Waals surface area contributed by atoms with Gasteiger partial charge in [0.05, 0.1) is 0 Å². The molecule has 0 N–H and O–H groups in total. The zero-order valence-electron chi connectivity index (χ0n) is 17.2. The van der Waals surface area contributed by atoms with Crippen LogP contribution in [0.1, 0.15) is 38.2 Å². The SMILES string of the molecule is CN1CCN(Cc2ccc(OC3CCN(C(=O)OC4(C)CC4)CC3)cc2)CC1. The molecule has 0 radical (unpaired) electrons. The van der Waals surface area contributed by atoms with Crippen molar-refractivity contribution in [1.29, 1.82) is 0 Å². The predicted octanol–water partition coefficient (Wildman–Crippen LogP) is 2.97. The summed E-state index contributed by atoms with van der Waals surface area (Å²) in [7, 11) is 2.18. The summed E-state index contributed by atoms with van der Waals surface area (Å²) in [5, 5.41) is 0. The molecule has 1 aromatic rings. The number of benzene rings is 1. The summed E-state index contributed by atoms with van der Waals surface area (Å²) in [5.74, 6) is 0.925. The van der Waals surface area contributed by atoms with Gasteiger partial charge in [0.25, 0.3) is 0 Å². The van der Waals surface area contributed by atoms with Crippen molar-refractivity contribution in [2.24, 2.45) is 0 Å². The Hall–Kier alpha value is -1.79. The smallest absolute Gasteiger partial charge is 0.410 e. The van der Waals surface area contributed by atoms with Gasteiger partial charge in [-0.25, -0.2) is 4.79 Å². The molecule has 0 bridgehead atoms. The summed E-state index contributed by atoms with van der Waals surface area (Å²) in [4.78, 5) is 18.9. The summed E-state index contributed by atoms with van der Waals surface area (Å²) in [6.45, 7) is 8.99. The summed E-state index contributed by atoms with van der Waals surface area (Å²) in [6.07, 6.45) is 3.70. The van der Waals surface area contributed by atoms with E-state index < -0.39 is 0 Å². The van der Waals surface area contributed by atoms with Gasteiger partial charge >= 0.3 is 6.09 Å². The molecule has 3 fully saturated rings. The lowest BCUT2D eigenvalue weighted by Gasteiger charge is -2.33. The van der Waals surface area contributed by atoms with Gasteiger partial charge in [0.1, 0.15) is 17.5 Å². The Morgan fingerprint density at radius 3 is 2.29 bits per heavy atom. The number of hydrogen-bond acceptors (Lipinski definition) is 5. The van der Waals surface area contributed by atoms with E-state index in [4.69, 9.17) is 9.47 Å². The molecule has 0 spiro atoms. The molecule has 0 unspecified atom stereocenters. The fourth-order valence-corrected chi connectivity index (χ4v) is 3.84. The number of amides is 1. The highest BCUT2D eigenvalue weighted by molar-refractivity contribution is 5.68. The van der Waals surface area contributed by atoms with Crippen LogP contribution in [0.4, 0.5) is 4.79 Å². The van der Waals surface area contributed by atoms with E-state index in [0.29, 0.717) is 13.1 Å². The van der Waals surface area contributed by atoms with Gasteiger partial charge in [-0.15, -0.1) is 0 Å². The third-order valence-corrected chi connectivity index (χ3v) is 6.22. The first kappa shape index (κ1) is 19.5. The molecule has 1 saturated carbocycles. The van der Waals surface area contributed by atoms with E-state index in [1.807, 2.05) is 11.8 Å². The van der Waals surface area contributed by atoms with Crippen molar-refractivity contribution in [3.05, 3.63) is 29.8 Å². The number of piperazine rings is 1. The third-order valence-electron chi connectivity index (χ3n) is 6.22. The predicted molar refractivity (Wildman–Crippen MR) is 109 cm³/mol. The molecule has 6 heteroatoms. The minimum atomic E-state index is -0.198. The standard InChI is InChI=1S/C22H33N3O3/c1-22(9-10-22)28-21(26)25-11-7-20(8-12-25)27-19-5-3-18(4-6-19)17-24-15-13-23(2)14-16-24/h3-6,20H,7-17H2,1-2H3. The highest BCUT2D eigenvalue weighted by Gasteiger charge is 2.43. The molecule has 2 heterocycles. The van der Waals surface area contributed by atoms with Crippen molar-refractivity contribution >= 4 is 6.09 Å². The van der Waals surface area contributed by atoms with Gasteiger partial charge in [0.15, 0.2) is 0 Å². The molecule has 1 amide bonds. The summed E-state index contributed by atoms with van der Waals surface area (Å²) < 4.78 is 11.7. The second kappa shape index (κ2) is 8.29. The second-order valence-electron chi connectivity index (χ2n) is 8.85. The lowest BCUT2D eigenvalue weighted by atomic mass is 10.1. The quantitative estimate of drug-likeness (QED) is 0.777. The molecule has 2 aliphatic heterocycles. The Kier molecular flexibility index (Phi) is 5.78. The number of nitrogens with zero attached hydrogens (tertiary/aromatic N) is 3. The molecule has 154 valence electrons. The van der Waals surface area contributed by atoms with Crippen LogP contribution in [0.5, 0.6) is 5.75 Å². The maximum absolute atomic E-state index is 12.2. The van der Waals surface area contributed by atoms with Crippen molar-refractivity contribution in [2.45, 2.75) is 50.9 Å². The average Bonchev–Trinajstić information content (AvgIpc) is 3.42. The molecular formula is C22H33N3O3. The van der Waals surface area contributed by atoms with Gasteiger partial charge in [0.2, 0.25) is 0 Å². The third kappa shape index (κ3) is 5.17. The van der Waals surface area contributed by atoms with Crippen LogP contribution in [-0.2, 0) is 11.3 Å². The minimum Gasteiger partial charge on any atom is -0.490 e. The molecule has 0 atom stereocenters. The van der Waals surface area contributed by atoms with Gasteiger partial charge in [-0.2, -0.15) is 0 Å². The molecule has 0 aromatic heterocycles. The van der Waals surface area contributed by atoms with Crippen LogP contribution in [0.3, 0.4) is 0 Å². The van der Waals surface area contributed by atoms with Crippen LogP contribution >= 0.6 is 0 Å². The van der Waals surface area contributed by atoms with Gasteiger partial charge in [-0.05, 0) is 44.5 Å². The molecule has 2 saturated heterocycles. The van der Waals surface area contributed by atoms with E-state index >= 15 is 0 Å². The van der Waals surface area contributed by atoms with Crippen molar-refractivity contribution in [1.82, 2.24) is 14.7 Å². The van der Waals surface area contributed by atoms with Gasteiger partial charge in [0, 0.05) is 58.7 Å². The fourth-order valence-electron chi connectivity index (χ4n) is 3.84. The largest absolute Gasteiger partial charge is 0.490 e. The number of likely N-dealkylation sites (N-methyl/N-ethyl adjacent to an activating group) is 1. The van der Waals surface area contributed by atoms with Gasteiger partial charge in [-0.1, -0.05) is 12.1 Å². The van der Waals surface area contributed by atoms with E-state index in [1.54, 1.807) is 0 Å². The molecule has 3 aliphatic rings. The summed E-state index contributed by atoms with van der Waals surface area (Å²) >= 11 is 0. The topological polar surface area (TPSA) is 45.2 Å². The fraction of sp³-hybridized carbons (Fsp3) is 0.682. The number of piperidine rings is 1. The Balaban J connectivity index is 1.20. The number of likely N-dealkylation sites (tertiary alicyclic amines) is 1. The van der Waals surface area contributed by atoms with Crippen LogP contribution in [0.25, 0.3) is 0 Å². The van der Waals surface area contributed by atoms with Gasteiger partial charge < -0.3 is 19.3 Å². The molecular weight excluding hydrogens is 354 g/mol. The molecule has 28 heavy (non-hydrogen) atoms. The van der Waals surface area contributed by atoms with Crippen LogP contribution in [-0.4, -0.2) is 78.8 Å². The Labute approximate surface area is 168 Å². The van der Waals surface area contributed by atoms with Gasteiger partial charge in [-0.3, -0.25) is 4.90 Å². The van der Waals surface area contributed by atoms with Crippen molar-refractivity contribution in [3.63, 3.8) is 0 Å². The monoisotopic (exact) mass is 387 g/mol. The molecule has 1 aromatic carbocycles. The first-order valence-electron chi connectivity index (χ1n) is 10.6. The van der Waals surface area contributed by atoms with E-state index in [0.717, 1.165) is 64.2 Å². The van der Waals surface area contributed by atoms with E-state index in [1.165, 1.54) is 5.56 Å². The van der Waals surface area contributed by atoms with E-state index in [9.17, 15) is 4.79 Å². The lowest BCUT2D eigenvalue weighted by molar-refractivity contribution is 0.0387. The summed E-state index contributed by atoms with van der Waals surface area (Å²) in [6, 6.07) is 8.52. The van der Waals surface area contributed by atoms with Crippen LogP contribution in [0.2, 0.25) is 0 Å². The zero-order chi connectivity index (χ0) is 19.6.